The highest BCUT2D eigenvalue weighted by atomic mass is 16.5. The molecule has 1 aromatic carbocycles. The van der Waals surface area contributed by atoms with Gasteiger partial charge in [-0.25, -0.2) is 9.78 Å². The molecule has 5 heteroatoms. The number of aryl methyl sites for hydroxylation is 2. The van der Waals surface area contributed by atoms with Gasteiger partial charge in [-0.1, -0.05) is 0 Å². The molecule has 0 atom stereocenters. The molecule has 1 aromatic heterocycles. The van der Waals surface area contributed by atoms with Crippen molar-refractivity contribution in [2.75, 3.05) is 7.11 Å². The summed E-state index contributed by atoms with van der Waals surface area (Å²) in [5, 5.41) is 9.32. The number of methoxy groups -OCH3 is 1. The second kappa shape index (κ2) is 5.44. The number of carboxylic acids is 1. The van der Waals surface area contributed by atoms with Crippen LogP contribution in [0.2, 0.25) is 0 Å². The number of nitrogens with zero attached hydrogens (tertiary/aromatic N) is 1. The van der Waals surface area contributed by atoms with Crippen LogP contribution in [0, 0.1) is 0 Å². The minimum absolute atomic E-state index is 0.103. The van der Waals surface area contributed by atoms with E-state index in [0.29, 0.717) is 11.5 Å². The molecule has 1 aliphatic rings. The van der Waals surface area contributed by atoms with Crippen molar-refractivity contribution in [1.29, 1.82) is 0 Å². The number of rotatable bonds is 4. The highest BCUT2D eigenvalue weighted by Crippen LogP contribution is 2.30. The van der Waals surface area contributed by atoms with E-state index in [1.807, 2.05) is 0 Å². The third kappa shape index (κ3) is 2.67. The summed E-state index contributed by atoms with van der Waals surface area (Å²) in [4.78, 5) is 15.8. The first kappa shape index (κ1) is 13.4. The van der Waals surface area contributed by atoms with Crippen LogP contribution in [0.5, 0.6) is 17.4 Å². The normalized spacial score (nSPS) is 12.8. The van der Waals surface area contributed by atoms with E-state index in [4.69, 9.17) is 9.47 Å². The van der Waals surface area contributed by atoms with Crippen LogP contribution in [-0.4, -0.2) is 23.2 Å². The highest BCUT2D eigenvalue weighted by Gasteiger charge is 2.21. The van der Waals surface area contributed by atoms with Gasteiger partial charge in [-0.3, -0.25) is 0 Å². The van der Waals surface area contributed by atoms with Crippen molar-refractivity contribution in [3.05, 3.63) is 47.2 Å². The average molecular weight is 285 g/mol. The van der Waals surface area contributed by atoms with Crippen LogP contribution in [-0.2, 0) is 12.8 Å². The summed E-state index contributed by atoms with van der Waals surface area (Å²) in [5.74, 6) is 0.362. The Kier molecular flexibility index (Phi) is 3.48. The van der Waals surface area contributed by atoms with E-state index in [2.05, 4.69) is 4.98 Å². The summed E-state index contributed by atoms with van der Waals surface area (Å²) >= 11 is 0. The Morgan fingerprint density at radius 1 is 1.19 bits per heavy atom. The average Bonchev–Trinajstić information content (AvgIpc) is 2.94. The number of aromatic nitrogens is 1. The molecule has 0 saturated heterocycles. The van der Waals surface area contributed by atoms with Crippen LogP contribution in [0.15, 0.2) is 30.3 Å². The van der Waals surface area contributed by atoms with Gasteiger partial charge >= 0.3 is 5.97 Å². The van der Waals surface area contributed by atoms with Gasteiger partial charge in [-0.2, -0.15) is 0 Å². The van der Waals surface area contributed by atoms with Gasteiger partial charge in [0.2, 0.25) is 5.88 Å². The zero-order valence-electron chi connectivity index (χ0n) is 11.6. The van der Waals surface area contributed by atoms with E-state index in [1.54, 1.807) is 37.4 Å². The lowest BCUT2D eigenvalue weighted by molar-refractivity contribution is 0.0693. The maximum Gasteiger partial charge on any atom is 0.341 e. The standard InChI is InChI=1S/C16H15NO4/c1-20-11-5-7-12(8-6-11)21-15-13(16(18)19)9-10-3-2-4-14(10)17-15/h5-9H,2-4H2,1H3,(H,18,19). The van der Waals surface area contributed by atoms with E-state index in [1.165, 1.54) is 0 Å². The Morgan fingerprint density at radius 2 is 1.90 bits per heavy atom. The maximum atomic E-state index is 11.4. The van der Waals surface area contributed by atoms with Gasteiger partial charge < -0.3 is 14.6 Å². The number of carbonyl (C=O) groups is 1. The fourth-order valence-corrected chi connectivity index (χ4v) is 2.44. The van der Waals surface area contributed by atoms with Crippen molar-refractivity contribution < 1.29 is 19.4 Å². The van der Waals surface area contributed by atoms with Gasteiger partial charge in [0.25, 0.3) is 0 Å². The largest absolute Gasteiger partial charge is 0.497 e. The number of pyridine rings is 1. The van der Waals surface area contributed by atoms with Crippen LogP contribution in [0.4, 0.5) is 0 Å². The van der Waals surface area contributed by atoms with Crippen LogP contribution < -0.4 is 9.47 Å². The molecular formula is C16H15NO4. The predicted molar refractivity (Wildman–Crippen MR) is 76.3 cm³/mol. The monoisotopic (exact) mass is 285 g/mol. The first-order chi connectivity index (χ1) is 10.2. The molecule has 1 heterocycles. The molecule has 0 aliphatic heterocycles. The van der Waals surface area contributed by atoms with Gasteiger partial charge in [-0.15, -0.1) is 0 Å². The quantitative estimate of drug-likeness (QED) is 0.935. The number of hydrogen-bond acceptors (Lipinski definition) is 4. The Hall–Kier alpha value is -2.56. The van der Waals surface area contributed by atoms with Gasteiger partial charge in [0, 0.05) is 5.69 Å². The van der Waals surface area contributed by atoms with Crippen LogP contribution in [0.1, 0.15) is 28.0 Å². The fraction of sp³-hybridized carbons (Fsp3) is 0.250. The van der Waals surface area contributed by atoms with E-state index >= 15 is 0 Å². The number of ether oxygens (including phenoxy) is 2. The minimum Gasteiger partial charge on any atom is -0.497 e. The van der Waals surface area contributed by atoms with E-state index < -0.39 is 5.97 Å². The Balaban J connectivity index is 1.94. The van der Waals surface area contributed by atoms with Crippen molar-refractivity contribution in [3.8, 4) is 17.4 Å². The van der Waals surface area contributed by atoms with E-state index in [0.717, 1.165) is 30.5 Å². The molecular weight excluding hydrogens is 270 g/mol. The molecule has 0 amide bonds. The van der Waals surface area contributed by atoms with Gasteiger partial charge in [0.1, 0.15) is 17.1 Å². The number of aromatic carboxylic acids is 1. The van der Waals surface area contributed by atoms with Crippen molar-refractivity contribution in [2.24, 2.45) is 0 Å². The molecule has 1 N–H and O–H groups in total. The first-order valence-corrected chi connectivity index (χ1v) is 6.75. The molecule has 0 saturated carbocycles. The molecule has 108 valence electrons. The predicted octanol–water partition coefficient (Wildman–Crippen LogP) is 3.07. The van der Waals surface area contributed by atoms with Crippen molar-refractivity contribution in [2.45, 2.75) is 19.3 Å². The fourth-order valence-electron chi connectivity index (χ4n) is 2.44. The van der Waals surface area contributed by atoms with Crippen molar-refractivity contribution in [3.63, 3.8) is 0 Å². The summed E-state index contributed by atoms with van der Waals surface area (Å²) in [6.45, 7) is 0. The minimum atomic E-state index is -1.03. The lowest BCUT2D eigenvalue weighted by Gasteiger charge is -2.10. The summed E-state index contributed by atoms with van der Waals surface area (Å²) in [6, 6.07) is 8.63. The summed E-state index contributed by atoms with van der Waals surface area (Å²) < 4.78 is 10.7. The third-order valence-electron chi connectivity index (χ3n) is 3.52. The van der Waals surface area contributed by atoms with Crippen molar-refractivity contribution >= 4 is 5.97 Å². The second-order valence-electron chi connectivity index (χ2n) is 4.88. The van der Waals surface area contributed by atoms with Gasteiger partial charge in [0.05, 0.1) is 7.11 Å². The van der Waals surface area contributed by atoms with Gasteiger partial charge in [0.15, 0.2) is 0 Å². The smallest absolute Gasteiger partial charge is 0.341 e. The van der Waals surface area contributed by atoms with Crippen molar-refractivity contribution in [1.82, 2.24) is 4.98 Å². The van der Waals surface area contributed by atoms with E-state index in [9.17, 15) is 9.90 Å². The molecule has 0 radical (unpaired) electrons. The Morgan fingerprint density at radius 3 is 2.57 bits per heavy atom. The topological polar surface area (TPSA) is 68.7 Å². The van der Waals surface area contributed by atoms with Gasteiger partial charge in [-0.05, 0) is 55.2 Å². The number of carboxylic acid groups (broad SMARTS) is 1. The lowest BCUT2D eigenvalue weighted by atomic mass is 10.1. The molecule has 0 fully saturated rings. The molecule has 1 aliphatic carbocycles. The molecule has 21 heavy (non-hydrogen) atoms. The zero-order chi connectivity index (χ0) is 14.8. The van der Waals surface area contributed by atoms with Crippen LogP contribution in [0.3, 0.4) is 0 Å². The summed E-state index contributed by atoms with van der Waals surface area (Å²) in [5.41, 5.74) is 2.05. The first-order valence-electron chi connectivity index (χ1n) is 6.75. The summed E-state index contributed by atoms with van der Waals surface area (Å²) in [6.07, 6.45) is 2.76. The molecule has 0 bridgehead atoms. The SMILES string of the molecule is COc1ccc(Oc2nc3c(cc2C(=O)O)CCC3)cc1. The molecule has 0 unspecified atom stereocenters. The molecule has 3 rings (SSSR count). The Bertz CT molecular complexity index is 679. The number of hydrogen-bond donors (Lipinski definition) is 1. The highest BCUT2D eigenvalue weighted by molar-refractivity contribution is 5.90. The Labute approximate surface area is 122 Å². The van der Waals surface area contributed by atoms with Crippen LogP contribution in [0.25, 0.3) is 0 Å². The van der Waals surface area contributed by atoms with E-state index in [-0.39, 0.29) is 11.4 Å². The molecule has 2 aromatic rings. The zero-order valence-corrected chi connectivity index (χ0v) is 11.6. The number of benzene rings is 1. The lowest BCUT2D eigenvalue weighted by Crippen LogP contribution is -2.05. The maximum absolute atomic E-state index is 11.4. The van der Waals surface area contributed by atoms with Crippen LogP contribution >= 0.6 is 0 Å². The second-order valence-corrected chi connectivity index (χ2v) is 4.88. The third-order valence-corrected chi connectivity index (χ3v) is 3.52. The number of fused-ring (bicyclic) bond motifs is 1. The molecule has 5 nitrogen and oxygen atoms in total. The molecule has 0 spiro atoms. The summed E-state index contributed by atoms with van der Waals surface area (Å²) in [7, 11) is 1.58.